The van der Waals surface area contributed by atoms with Crippen LogP contribution in [0.2, 0.25) is 0 Å². The molecule has 0 amide bonds. The second-order valence-corrected chi connectivity index (χ2v) is 8.35. The molecule has 1 fully saturated rings. The highest BCUT2D eigenvalue weighted by atomic mass is 32.2. The second kappa shape index (κ2) is 7.57. The fraction of sp³-hybridized carbons (Fsp3) is 0.562. The standard InChI is InChI=1S/C16H23N7O2S/c1-12(21-26(24,25)23-8-5-13(9-17)10-23)4-7-22(2)16-14-3-6-18-15(14)19-11-20-16/h3,6,11-13,21H,4-5,7-8,10H2,1-2H3,(H,18,19,20). The lowest BCUT2D eigenvalue weighted by molar-refractivity contribution is 0.446. The summed E-state index contributed by atoms with van der Waals surface area (Å²) in [5.74, 6) is 0.595. The van der Waals surface area contributed by atoms with Gasteiger partial charge in [0.2, 0.25) is 0 Å². The zero-order chi connectivity index (χ0) is 18.7. The zero-order valence-electron chi connectivity index (χ0n) is 14.9. The molecule has 140 valence electrons. The lowest BCUT2D eigenvalue weighted by Gasteiger charge is -2.23. The fourth-order valence-corrected chi connectivity index (χ4v) is 4.59. The third-order valence-corrected chi connectivity index (χ3v) is 6.33. The molecule has 0 aliphatic carbocycles. The maximum absolute atomic E-state index is 12.4. The van der Waals surface area contributed by atoms with Gasteiger partial charge in [-0.05, 0) is 25.8 Å². The van der Waals surface area contributed by atoms with Gasteiger partial charge in [-0.15, -0.1) is 0 Å². The van der Waals surface area contributed by atoms with E-state index in [4.69, 9.17) is 5.26 Å². The zero-order valence-corrected chi connectivity index (χ0v) is 15.7. The first-order valence-corrected chi connectivity index (χ1v) is 10.0. The maximum Gasteiger partial charge on any atom is 0.279 e. The number of aromatic nitrogens is 3. The lowest BCUT2D eigenvalue weighted by atomic mass is 10.1. The van der Waals surface area contributed by atoms with E-state index in [1.807, 2.05) is 31.1 Å². The van der Waals surface area contributed by atoms with Crippen molar-refractivity contribution in [2.75, 3.05) is 31.6 Å². The number of nitrogens with one attached hydrogen (secondary N) is 2. The Bertz CT molecular complexity index is 905. The molecule has 2 aromatic heterocycles. The van der Waals surface area contributed by atoms with Crippen LogP contribution in [0, 0.1) is 17.2 Å². The van der Waals surface area contributed by atoms with Gasteiger partial charge in [0.15, 0.2) is 0 Å². The van der Waals surface area contributed by atoms with Gasteiger partial charge in [0.1, 0.15) is 17.8 Å². The van der Waals surface area contributed by atoms with Gasteiger partial charge in [-0.3, -0.25) is 0 Å². The van der Waals surface area contributed by atoms with Crippen molar-refractivity contribution in [2.45, 2.75) is 25.8 Å². The Morgan fingerprint density at radius 3 is 3.08 bits per heavy atom. The Labute approximate surface area is 153 Å². The SMILES string of the molecule is CC(CCN(C)c1ncnc2[nH]ccc12)NS(=O)(=O)N1CCC(C#N)C1. The van der Waals surface area contributed by atoms with E-state index >= 15 is 0 Å². The monoisotopic (exact) mass is 377 g/mol. The third kappa shape index (κ3) is 3.95. The van der Waals surface area contributed by atoms with Gasteiger partial charge in [0.05, 0.1) is 17.4 Å². The summed E-state index contributed by atoms with van der Waals surface area (Å²) >= 11 is 0. The molecule has 0 saturated carbocycles. The first kappa shape index (κ1) is 18.6. The molecule has 3 rings (SSSR count). The lowest BCUT2D eigenvalue weighted by Crippen LogP contribution is -2.44. The number of anilines is 1. The highest BCUT2D eigenvalue weighted by molar-refractivity contribution is 7.87. The van der Waals surface area contributed by atoms with Gasteiger partial charge in [0.25, 0.3) is 10.2 Å². The van der Waals surface area contributed by atoms with Gasteiger partial charge >= 0.3 is 0 Å². The van der Waals surface area contributed by atoms with Crippen LogP contribution in [0.4, 0.5) is 5.82 Å². The Balaban J connectivity index is 1.56. The summed E-state index contributed by atoms with van der Waals surface area (Å²) in [4.78, 5) is 13.5. The Kier molecular flexibility index (Phi) is 5.41. The minimum atomic E-state index is -3.56. The quantitative estimate of drug-likeness (QED) is 0.739. The molecule has 10 heteroatoms. The minimum Gasteiger partial charge on any atom is -0.359 e. The third-order valence-electron chi connectivity index (χ3n) is 4.62. The molecular weight excluding hydrogens is 354 g/mol. The van der Waals surface area contributed by atoms with E-state index in [0.29, 0.717) is 25.9 Å². The van der Waals surface area contributed by atoms with E-state index < -0.39 is 10.2 Å². The molecule has 2 atom stereocenters. The molecule has 2 N–H and O–H groups in total. The predicted octanol–water partition coefficient (Wildman–Crippen LogP) is 0.853. The van der Waals surface area contributed by atoms with E-state index in [2.05, 4.69) is 25.7 Å². The number of nitrogens with zero attached hydrogens (tertiary/aromatic N) is 5. The van der Waals surface area contributed by atoms with Crippen LogP contribution in [0.1, 0.15) is 19.8 Å². The number of rotatable bonds is 7. The van der Waals surface area contributed by atoms with E-state index in [0.717, 1.165) is 16.9 Å². The summed E-state index contributed by atoms with van der Waals surface area (Å²) in [5.41, 5.74) is 0.775. The van der Waals surface area contributed by atoms with Crippen molar-refractivity contribution in [3.8, 4) is 6.07 Å². The van der Waals surface area contributed by atoms with Crippen LogP contribution in [-0.4, -0.2) is 60.4 Å². The molecule has 1 aliphatic heterocycles. The largest absolute Gasteiger partial charge is 0.359 e. The molecule has 0 bridgehead atoms. The summed E-state index contributed by atoms with van der Waals surface area (Å²) in [5, 5.41) is 9.87. The van der Waals surface area contributed by atoms with Crippen LogP contribution in [0.25, 0.3) is 11.0 Å². The molecule has 2 unspecified atom stereocenters. The van der Waals surface area contributed by atoms with Crippen molar-refractivity contribution < 1.29 is 8.42 Å². The van der Waals surface area contributed by atoms with Crippen LogP contribution in [0.15, 0.2) is 18.6 Å². The van der Waals surface area contributed by atoms with E-state index in [-0.39, 0.29) is 18.5 Å². The van der Waals surface area contributed by atoms with Crippen molar-refractivity contribution in [1.82, 2.24) is 24.0 Å². The number of fused-ring (bicyclic) bond motifs is 1. The first-order valence-electron chi connectivity index (χ1n) is 8.57. The Hall–Kier alpha value is -2.22. The van der Waals surface area contributed by atoms with Gasteiger partial charge < -0.3 is 9.88 Å². The fourth-order valence-electron chi connectivity index (χ4n) is 3.10. The first-order chi connectivity index (χ1) is 12.4. The normalized spacial score (nSPS) is 19.5. The number of hydrogen-bond acceptors (Lipinski definition) is 6. The molecule has 1 saturated heterocycles. The topological polar surface area (TPSA) is 118 Å². The number of aromatic amines is 1. The van der Waals surface area contributed by atoms with Crippen LogP contribution in [-0.2, 0) is 10.2 Å². The van der Waals surface area contributed by atoms with Crippen molar-refractivity contribution >= 4 is 27.1 Å². The van der Waals surface area contributed by atoms with Crippen molar-refractivity contribution in [1.29, 1.82) is 5.26 Å². The molecule has 0 radical (unpaired) electrons. The van der Waals surface area contributed by atoms with Gasteiger partial charge in [-0.1, -0.05) is 0 Å². The van der Waals surface area contributed by atoms with Crippen LogP contribution in [0.5, 0.6) is 0 Å². The molecule has 9 nitrogen and oxygen atoms in total. The summed E-state index contributed by atoms with van der Waals surface area (Å²) in [7, 11) is -1.63. The average Bonchev–Trinajstić information content (AvgIpc) is 3.27. The number of nitriles is 1. The van der Waals surface area contributed by atoms with Gasteiger partial charge in [-0.2, -0.15) is 22.7 Å². The molecular formula is C16H23N7O2S. The predicted molar refractivity (Wildman–Crippen MR) is 98.6 cm³/mol. The van der Waals surface area contributed by atoms with Crippen molar-refractivity contribution in [3.63, 3.8) is 0 Å². The van der Waals surface area contributed by atoms with Crippen LogP contribution < -0.4 is 9.62 Å². The molecule has 0 spiro atoms. The number of hydrogen-bond donors (Lipinski definition) is 2. The molecule has 0 aromatic carbocycles. The molecule has 26 heavy (non-hydrogen) atoms. The van der Waals surface area contributed by atoms with E-state index in [1.54, 1.807) is 0 Å². The van der Waals surface area contributed by atoms with Crippen molar-refractivity contribution in [2.24, 2.45) is 5.92 Å². The summed E-state index contributed by atoms with van der Waals surface area (Å²) < 4.78 is 28.9. The molecule has 3 heterocycles. The maximum atomic E-state index is 12.4. The van der Waals surface area contributed by atoms with Gasteiger partial charge in [-0.25, -0.2) is 9.97 Å². The van der Waals surface area contributed by atoms with Crippen LogP contribution in [0.3, 0.4) is 0 Å². The summed E-state index contributed by atoms with van der Waals surface area (Å²) in [6.45, 7) is 3.15. The highest BCUT2D eigenvalue weighted by Crippen LogP contribution is 2.21. The number of H-pyrrole nitrogens is 1. The molecule has 2 aromatic rings. The summed E-state index contributed by atoms with van der Waals surface area (Å²) in [6.07, 6.45) is 4.55. The summed E-state index contributed by atoms with van der Waals surface area (Å²) in [6, 6.07) is 3.83. The smallest absolute Gasteiger partial charge is 0.279 e. The Morgan fingerprint density at radius 1 is 1.54 bits per heavy atom. The van der Waals surface area contributed by atoms with Crippen molar-refractivity contribution in [3.05, 3.63) is 18.6 Å². The Morgan fingerprint density at radius 2 is 2.35 bits per heavy atom. The van der Waals surface area contributed by atoms with Crippen LogP contribution >= 0.6 is 0 Å². The van der Waals surface area contributed by atoms with E-state index in [1.165, 1.54) is 10.6 Å². The second-order valence-electron chi connectivity index (χ2n) is 6.64. The highest BCUT2D eigenvalue weighted by Gasteiger charge is 2.32. The van der Waals surface area contributed by atoms with Gasteiger partial charge in [0, 0.05) is 38.9 Å². The average molecular weight is 377 g/mol. The molecule has 1 aliphatic rings. The van der Waals surface area contributed by atoms with E-state index in [9.17, 15) is 8.42 Å². The minimum absolute atomic E-state index is 0.213.